The Kier molecular flexibility index (Phi) is 12.1. The predicted octanol–water partition coefficient (Wildman–Crippen LogP) is 3.44. The average molecular weight is 577 g/mol. The molecule has 2 aromatic carbocycles. The summed E-state index contributed by atoms with van der Waals surface area (Å²) >= 11 is 0. The highest BCUT2D eigenvalue weighted by Gasteiger charge is 2.38. The molecular weight excluding hydrogens is 556 g/mol. The molecule has 3 aromatic rings. The van der Waals surface area contributed by atoms with Gasteiger partial charge in [-0.15, -0.1) is 0 Å². The third-order valence-electron chi connectivity index (χ3n) is 4.21. The van der Waals surface area contributed by atoms with E-state index in [1.165, 1.54) is 0 Å². The summed E-state index contributed by atoms with van der Waals surface area (Å²) in [4.78, 5) is 37.1. The second kappa shape index (κ2) is 14.7. The smallest absolute Gasteiger partial charge is 0.490 e. The number of halogens is 6. The van der Waals surface area contributed by atoms with Crippen molar-refractivity contribution >= 4 is 23.7 Å². The van der Waals surface area contributed by atoms with Gasteiger partial charge in [-0.1, -0.05) is 24.3 Å². The lowest BCUT2D eigenvalue weighted by Crippen LogP contribution is -2.28. The number of hydrogen-bond donors (Lipinski definition) is 6. The molecule has 1 heterocycles. The molecule has 0 spiro atoms. The zero-order valence-corrected chi connectivity index (χ0v) is 20.0. The number of hydrogen-bond acceptors (Lipinski definition) is 6. The van der Waals surface area contributed by atoms with Gasteiger partial charge in [-0.2, -0.15) is 26.3 Å². The van der Waals surface area contributed by atoms with Crippen LogP contribution < -0.4 is 15.8 Å². The summed E-state index contributed by atoms with van der Waals surface area (Å²) in [6.45, 7) is 0.681. The number of benzene rings is 2. The average Bonchev–Trinajstić information content (AvgIpc) is 3.41. The van der Waals surface area contributed by atoms with Crippen molar-refractivity contribution in [1.82, 2.24) is 15.3 Å². The lowest BCUT2D eigenvalue weighted by molar-refractivity contribution is -0.193. The number of nitrogen functional groups attached to an aromatic ring is 1. The molecule has 11 nitrogen and oxygen atoms in total. The van der Waals surface area contributed by atoms with Crippen molar-refractivity contribution in [1.29, 1.82) is 5.41 Å². The van der Waals surface area contributed by atoms with Crippen LogP contribution in [-0.4, -0.2) is 69.4 Å². The van der Waals surface area contributed by atoms with Gasteiger partial charge < -0.3 is 31.0 Å². The molecule has 1 aromatic heterocycles. The van der Waals surface area contributed by atoms with E-state index in [1.807, 2.05) is 12.1 Å². The van der Waals surface area contributed by atoms with E-state index in [0.717, 1.165) is 11.4 Å². The Morgan fingerprint density at radius 3 is 1.95 bits per heavy atom. The molecule has 0 saturated carbocycles. The molecule has 40 heavy (non-hydrogen) atoms. The number of alkyl halides is 6. The first kappa shape index (κ1) is 32.9. The number of amides is 1. The number of carboxylic acids is 2. The number of ether oxygens (including phenoxy) is 1. The number of aromatic amines is 1. The molecule has 216 valence electrons. The maximum Gasteiger partial charge on any atom is 0.490 e. The van der Waals surface area contributed by atoms with Crippen molar-refractivity contribution in [2.75, 3.05) is 13.2 Å². The normalized spacial score (nSPS) is 10.7. The number of nitrogens with two attached hydrogens (primary N) is 1. The van der Waals surface area contributed by atoms with E-state index in [1.54, 1.807) is 48.8 Å². The van der Waals surface area contributed by atoms with Crippen molar-refractivity contribution in [3.8, 4) is 17.1 Å². The number of carboxylic acid groups (broad SMARTS) is 2. The van der Waals surface area contributed by atoms with Crippen LogP contribution in [0.4, 0.5) is 26.3 Å². The third-order valence-corrected chi connectivity index (χ3v) is 4.21. The Hall–Kier alpha value is -5.09. The van der Waals surface area contributed by atoms with Crippen LogP contribution in [0.25, 0.3) is 11.4 Å². The van der Waals surface area contributed by atoms with Gasteiger partial charge in [-0.3, -0.25) is 10.2 Å². The van der Waals surface area contributed by atoms with Crippen molar-refractivity contribution in [2.45, 2.75) is 12.4 Å². The Morgan fingerprint density at radius 1 is 0.950 bits per heavy atom. The van der Waals surface area contributed by atoms with E-state index in [9.17, 15) is 31.1 Å². The number of rotatable bonds is 7. The summed E-state index contributed by atoms with van der Waals surface area (Å²) in [6, 6.07) is 14.2. The molecule has 0 aliphatic rings. The molecule has 7 N–H and O–H groups in total. The van der Waals surface area contributed by atoms with E-state index in [2.05, 4.69) is 15.3 Å². The van der Waals surface area contributed by atoms with Crippen LogP contribution in [0, 0.1) is 5.41 Å². The van der Waals surface area contributed by atoms with Crippen LogP contribution in [0.2, 0.25) is 0 Å². The van der Waals surface area contributed by atoms with Crippen LogP contribution in [0.3, 0.4) is 0 Å². The highest BCUT2D eigenvalue weighted by molar-refractivity contribution is 5.95. The van der Waals surface area contributed by atoms with Gasteiger partial charge in [0.15, 0.2) is 0 Å². The fourth-order valence-electron chi connectivity index (χ4n) is 2.39. The zero-order valence-electron chi connectivity index (χ0n) is 20.0. The van der Waals surface area contributed by atoms with Gasteiger partial charge in [0.05, 0.1) is 6.54 Å². The van der Waals surface area contributed by atoms with Gasteiger partial charge in [-0.25, -0.2) is 14.6 Å². The van der Waals surface area contributed by atoms with Gasteiger partial charge >= 0.3 is 24.3 Å². The molecule has 3 rings (SSSR count). The van der Waals surface area contributed by atoms with Crippen LogP contribution in [0.1, 0.15) is 15.9 Å². The number of carbonyl (C=O) groups excluding carboxylic acids is 1. The van der Waals surface area contributed by atoms with Crippen molar-refractivity contribution in [3.05, 3.63) is 72.1 Å². The molecular formula is C23H21F6N5O6. The fraction of sp³-hybridized carbons (Fsp3) is 0.174. The molecule has 0 aliphatic heterocycles. The standard InChI is InChI=1S/C19H19N5O2.2C2HF3O2/c20-17(21)15-2-1-3-16(12-15)26-11-10-24-19(25)14-6-4-13(5-7-14)18-22-8-9-23-18;2*3-2(4,5)1(6)7/h1-9,12H,10-11H2,(H3,20,21)(H,22,23)(H,24,25);2*(H,6,7). The predicted molar refractivity (Wildman–Crippen MR) is 127 cm³/mol. The quantitative estimate of drug-likeness (QED) is 0.106. The van der Waals surface area contributed by atoms with Gasteiger partial charge in [-0.05, 0) is 24.3 Å². The Morgan fingerprint density at radius 2 is 1.50 bits per heavy atom. The lowest BCUT2D eigenvalue weighted by atomic mass is 10.1. The monoisotopic (exact) mass is 577 g/mol. The number of nitrogens with zero attached hydrogens (tertiary/aromatic N) is 1. The molecule has 1 amide bonds. The molecule has 0 radical (unpaired) electrons. The van der Waals surface area contributed by atoms with Crippen LogP contribution in [0.5, 0.6) is 5.75 Å². The number of H-pyrrole nitrogens is 1. The first-order valence-electron chi connectivity index (χ1n) is 10.6. The summed E-state index contributed by atoms with van der Waals surface area (Å²) in [6.07, 6.45) is -6.73. The lowest BCUT2D eigenvalue weighted by Gasteiger charge is -2.09. The fourth-order valence-corrected chi connectivity index (χ4v) is 2.39. The van der Waals surface area contributed by atoms with Gasteiger partial charge in [0, 0.05) is 29.1 Å². The maximum absolute atomic E-state index is 12.2. The van der Waals surface area contributed by atoms with Crippen molar-refractivity contribution in [2.24, 2.45) is 5.73 Å². The number of carbonyl (C=O) groups is 3. The summed E-state index contributed by atoms with van der Waals surface area (Å²) in [5.74, 6) is -4.33. The van der Waals surface area contributed by atoms with Crippen LogP contribution in [0.15, 0.2) is 60.9 Å². The maximum atomic E-state index is 12.2. The number of imidazole rings is 1. The minimum atomic E-state index is -5.08. The van der Waals surface area contributed by atoms with Gasteiger partial charge in [0.1, 0.15) is 24.0 Å². The number of aliphatic carboxylic acids is 2. The van der Waals surface area contributed by atoms with Crippen LogP contribution >= 0.6 is 0 Å². The summed E-state index contributed by atoms with van der Waals surface area (Å²) in [5, 5.41) is 24.5. The van der Waals surface area contributed by atoms with E-state index in [0.29, 0.717) is 30.0 Å². The second-order valence-electron chi connectivity index (χ2n) is 7.17. The second-order valence-corrected chi connectivity index (χ2v) is 7.17. The van der Waals surface area contributed by atoms with E-state index >= 15 is 0 Å². The molecule has 0 aliphatic carbocycles. The molecule has 17 heteroatoms. The molecule has 0 saturated heterocycles. The molecule has 0 atom stereocenters. The van der Waals surface area contributed by atoms with Gasteiger partial charge in [0.2, 0.25) is 0 Å². The van der Waals surface area contributed by atoms with E-state index < -0.39 is 24.3 Å². The van der Waals surface area contributed by atoms with Crippen molar-refractivity contribution in [3.63, 3.8) is 0 Å². The first-order chi connectivity index (χ1) is 18.5. The van der Waals surface area contributed by atoms with E-state index in [4.69, 9.17) is 35.7 Å². The highest BCUT2D eigenvalue weighted by atomic mass is 19.4. The zero-order chi connectivity index (χ0) is 30.5. The summed E-state index contributed by atoms with van der Waals surface area (Å²) in [5.41, 5.74) is 7.53. The molecule has 0 fully saturated rings. The van der Waals surface area contributed by atoms with Crippen LogP contribution in [-0.2, 0) is 9.59 Å². The molecule has 0 bridgehead atoms. The summed E-state index contributed by atoms with van der Waals surface area (Å²) in [7, 11) is 0. The number of amidine groups is 1. The Labute approximate surface area is 221 Å². The largest absolute Gasteiger partial charge is 0.492 e. The topological polar surface area (TPSA) is 191 Å². The SMILES string of the molecule is N=C(N)c1cccc(OCCNC(=O)c2ccc(-c3ncc[nH]3)cc2)c1.O=C(O)C(F)(F)F.O=C(O)C(F)(F)F. The Bertz CT molecular complexity index is 1250. The van der Waals surface area contributed by atoms with E-state index in [-0.39, 0.29) is 11.7 Å². The highest BCUT2D eigenvalue weighted by Crippen LogP contribution is 2.16. The van der Waals surface area contributed by atoms with Gasteiger partial charge in [0.25, 0.3) is 5.91 Å². The third kappa shape index (κ3) is 12.0. The number of nitrogens with one attached hydrogen (secondary N) is 3. The molecule has 0 unspecified atom stereocenters. The summed E-state index contributed by atoms with van der Waals surface area (Å²) < 4.78 is 69.0. The minimum absolute atomic E-state index is 0.0123. The minimum Gasteiger partial charge on any atom is -0.492 e. The Balaban J connectivity index is 0.000000473. The first-order valence-corrected chi connectivity index (χ1v) is 10.6. The van der Waals surface area contributed by atoms with Crippen molar-refractivity contribution < 1.29 is 55.7 Å². The number of aromatic nitrogens is 2.